The summed E-state index contributed by atoms with van der Waals surface area (Å²) in [5.74, 6) is -1.46. The Kier molecular flexibility index (Phi) is 14.9. The number of rotatable bonds is 18. The Bertz CT molecular complexity index is 454. The van der Waals surface area contributed by atoms with Gasteiger partial charge in [-0.05, 0) is 32.1 Å². The van der Waals surface area contributed by atoms with Crippen molar-refractivity contribution >= 4 is 11.9 Å². The van der Waals surface area contributed by atoms with Crippen LogP contribution in [0.25, 0.3) is 0 Å². The summed E-state index contributed by atoms with van der Waals surface area (Å²) in [6.45, 7) is 4.40. The van der Waals surface area contributed by atoms with Gasteiger partial charge in [-0.2, -0.15) is 0 Å². The average Bonchev–Trinajstić information content (AvgIpc) is 2.75. The maximum absolute atomic E-state index is 12.8. The van der Waals surface area contributed by atoms with E-state index in [1.54, 1.807) is 0 Å². The molecule has 0 aromatic carbocycles. The van der Waals surface area contributed by atoms with Gasteiger partial charge < -0.3 is 9.84 Å². The molecule has 4 nitrogen and oxygen atoms in total. The Morgan fingerprint density at radius 3 is 1.70 bits per heavy atom. The number of ether oxygens (including phenoxy) is 1. The summed E-state index contributed by atoms with van der Waals surface area (Å²) in [7, 11) is 0. The Morgan fingerprint density at radius 2 is 1.20 bits per heavy atom. The van der Waals surface area contributed by atoms with E-state index in [4.69, 9.17) is 4.74 Å². The predicted octanol–water partition coefficient (Wildman–Crippen LogP) is 7.82. The van der Waals surface area contributed by atoms with Gasteiger partial charge in [0.2, 0.25) is 0 Å². The molecule has 0 aromatic rings. The number of carbonyl (C=O) groups is 2. The molecular weight excluding hydrogens is 376 g/mol. The Morgan fingerprint density at radius 1 is 0.733 bits per heavy atom. The van der Waals surface area contributed by atoms with E-state index in [9.17, 15) is 14.7 Å². The minimum Gasteiger partial charge on any atom is -0.480 e. The fourth-order valence-electron chi connectivity index (χ4n) is 4.66. The highest BCUT2D eigenvalue weighted by Gasteiger charge is 2.48. The van der Waals surface area contributed by atoms with Crippen molar-refractivity contribution in [1.29, 1.82) is 0 Å². The highest BCUT2D eigenvalue weighted by molar-refractivity contribution is 5.99. The highest BCUT2D eigenvalue weighted by atomic mass is 16.5. The third-order valence-corrected chi connectivity index (χ3v) is 6.79. The van der Waals surface area contributed by atoms with Crippen molar-refractivity contribution in [2.45, 2.75) is 148 Å². The molecule has 4 heteroatoms. The lowest BCUT2D eigenvalue weighted by Gasteiger charge is -2.32. The van der Waals surface area contributed by atoms with E-state index in [1.807, 2.05) is 0 Å². The molecule has 0 saturated heterocycles. The van der Waals surface area contributed by atoms with Crippen LogP contribution in [-0.2, 0) is 14.3 Å². The molecule has 0 aliphatic heterocycles. The number of esters is 1. The Balaban J connectivity index is 2.29. The van der Waals surface area contributed by atoms with Crippen molar-refractivity contribution in [1.82, 2.24) is 0 Å². The lowest BCUT2D eigenvalue weighted by atomic mass is 9.74. The van der Waals surface area contributed by atoms with Crippen LogP contribution in [-0.4, -0.2) is 23.1 Å². The topological polar surface area (TPSA) is 63.6 Å². The fraction of sp³-hybridized carbons (Fsp3) is 0.923. The molecular formula is C26H48O4. The van der Waals surface area contributed by atoms with Crippen molar-refractivity contribution in [3.05, 3.63) is 0 Å². The summed E-state index contributed by atoms with van der Waals surface area (Å²) in [4.78, 5) is 24.7. The fourth-order valence-corrected chi connectivity index (χ4v) is 4.66. The van der Waals surface area contributed by atoms with Crippen LogP contribution in [0.2, 0.25) is 0 Å². The average molecular weight is 425 g/mol. The number of aliphatic carboxylic acids is 1. The molecule has 1 N–H and O–H groups in total. The number of carboxylic acids is 1. The Labute approximate surface area is 185 Å². The van der Waals surface area contributed by atoms with Crippen LogP contribution in [0.4, 0.5) is 0 Å². The van der Waals surface area contributed by atoms with Crippen LogP contribution in [0.5, 0.6) is 0 Å². The van der Waals surface area contributed by atoms with E-state index in [0.717, 1.165) is 51.4 Å². The first-order valence-electron chi connectivity index (χ1n) is 13.0. The van der Waals surface area contributed by atoms with Gasteiger partial charge in [-0.15, -0.1) is 0 Å². The van der Waals surface area contributed by atoms with Gasteiger partial charge >= 0.3 is 11.9 Å². The van der Waals surface area contributed by atoms with Crippen LogP contribution in [0, 0.1) is 5.41 Å². The summed E-state index contributed by atoms with van der Waals surface area (Å²) < 4.78 is 5.83. The molecule has 176 valence electrons. The minimum absolute atomic E-state index is 0.117. The second-order valence-electron chi connectivity index (χ2n) is 9.44. The van der Waals surface area contributed by atoms with E-state index >= 15 is 0 Å². The van der Waals surface area contributed by atoms with E-state index in [1.165, 1.54) is 64.2 Å². The first-order chi connectivity index (χ1) is 14.6. The summed E-state index contributed by atoms with van der Waals surface area (Å²) >= 11 is 0. The quantitative estimate of drug-likeness (QED) is 0.138. The molecule has 0 aromatic heterocycles. The number of carboxylic acid groups (broad SMARTS) is 1. The van der Waals surface area contributed by atoms with Crippen LogP contribution < -0.4 is 0 Å². The summed E-state index contributed by atoms with van der Waals surface area (Å²) in [6, 6.07) is 0. The standard InChI is InChI=1S/C26H48O4/c1-3-5-7-8-9-10-11-12-13-14-16-20-23(19-6-4-2)30-25(29)26(24(27)28)21-17-15-18-22-26/h23H,3-22H2,1-2H3,(H,27,28). The minimum atomic E-state index is -1.29. The number of hydrogen-bond donors (Lipinski definition) is 1. The van der Waals surface area contributed by atoms with Crippen LogP contribution >= 0.6 is 0 Å². The van der Waals surface area contributed by atoms with Crippen LogP contribution in [0.15, 0.2) is 0 Å². The molecule has 1 fully saturated rings. The first-order valence-corrected chi connectivity index (χ1v) is 13.0. The van der Waals surface area contributed by atoms with Gasteiger partial charge in [0.25, 0.3) is 0 Å². The molecule has 0 radical (unpaired) electrons. The molecule has 30 heavy (non-hydrogen) atoms. The van der Waals surface area contributed by atoms with E-state index in [-0.39, 0.29) is 6.10 Å². The smallest absolute Gasteiger partial charge is 0.323 e. The van der Waals surface area contributed by atoms with Gasteiger partial charge in [0.15, 0.2) is 5.41 Å². The number of carbonyl (C=O) groups excluding carboxylic acids is 1. The summed E-state index contributed by atoms with van der Waals surface area (Å²) in [5, 5.41) is 9.72. The van der Waals surface area contributed by atoms with Crippen molar-refractivity contribution in [2.24, 2.45) is 5.41 Å². The van der Waals surface area contributed by atoms with Gasteiger partial charge in [-0.3, -0.25) is 9.59 Å². The molecule has 1 aliphatic rings. The molecule has 1 saturated carbocycles. The first kappa shape index (κ1) is 27.0. The molecule has 1 rings (SSSR count). The van der Waals surface area contributed by atoms with Crippen molar-refractivity contribution in [3.63, 3.8) is 0 Å². The van der Waals surface area contributed by atoms with Crippen molar-refractivity contribution in [3.8, 4) is 0 Å². The zero-order valence-electron chi connectivity index (χ0n) is 19.9. The second-order valence-corrected chi connectivity index (χ2v) is 9.44. The van der Waals surface area contributed by atoms with Crippen molar-refractivity contribution < 1.29 is 19.4 Å². The summed E-state index contributed by atoms with van der Waals surface area (Å²) in [5.41, 5.74) is -1.29. The largest absolute Gasteiger partial charge is 0.480 e. The van der Waals surface area contributed by atoms with Crippen LogP contribution in [0.3, 0.4) is 0 Å². The lowest BCUT2D eigenvalue weighted by molar-refractivity contribution is -0.175. The van der Waals surface area contributed by atoms with Gasteiger partial charge in [0.05, 0.1) is 0 Å². The molecule has 1 atom stereocenters. The highest BCUT2D eigenvalue weighted by Crippen LogP contribution is 2.38. The monoisotopic (exact) mass is 424 g/mol. The maximum Gasteiger partial charge on any atom is 0.323 e. The number of unbranched alkanes of at least 4 members (excludes halogenated alkanes) is 11. The van der Waals surface area contributed by atoms with Gasteiger partial charge in [0.1, 0.15) is 6.10 Å². The number of hydrogen-bond acceptors (Lipinski definition) is 3. The summed E-state index contributed by atoms with van der Waals surface area (Å²) in [6.07, 6.45) is 21.5. The zero-order chi connectivity index (χ0) is 22.1. The van der Waals surface area contributed by atoms with Crippen molar-refractivity contribution in [2.75, 3.05) is 0 Å². The third-order valence-electron chi connectivity index (χ3n) is 6.79. The van der Waals surface area contributed by atoms with Gasteiger partial charge in [0, 0.05) is 0 Å². The predicted molar refractivity (Wildman–Crippen MR) is 124 cm³/mol. The molecule has 1 unspecified atom stereocenters. The SMILES string of the molecule is CCCCCCCCCCCCCC(CCCC)OC(=O)C1(C(=O)O)CCCCC1. The van der Waals surface area contributed by atoms with Gasteiger partial charge in [-0.25, -0.2) is 0 Å². The van der Waals surface area contributed by atoms with E-state index < -0.39 is 17.4 Å². The van der Waals surface area contributed by atoms with Gasteiger partial charge in [-0.1, -0.05) is 110 Å². The molecule has 0 amide bonds. The maximum atomic E-state index is 12.8. The molecule has 0 spiro atoms. The second kappa shape index (κ2) is 16.6. The van der Waals surface area contributed by atoms with E-state index in [0.29, 0.717) is 12.8 Å². The van der Waals surface area contributed by atoms with Crippen LogP contribution in [0.1, 0.15) is 142 Å². The third kappa shape index (κ3) is 10.3. The normalized spacial score (nSPS) is 16.9. The zero-order valence-corrected chi connectivity index (χ0v) is 19.9. The van der Waals surface area contributed by atoms with E-state index in [2.05, 4.69) is 13.8 Å². The lowest BCUT2D eigenvalue weighted by Crippen LogP contribution is -2.43. The molecule has 1 aliphatic carbocycles. The molecule has 0 bridgehead atoms. The molecule has 0 heterocycles. The Hall–Kier alpha value is -1.06.